The first-order chi connectivity index (χ1) is 6.80. The second kappa shape index (κ2) is 4.91. The van der Waals surface area contributed by atoms with E-state index >= 15 is 0 Å². The van der Waals surface area contributed by atoms with Gasteiger partial charge in [0, 0.05) is 17.2 Å². The highest BCUT2D eigenvalue weighted by atomic mass is 79.9. The molecule has 0 fully saturated rings. The summed E-state index contributed by atoms with van der Waals surface area (Å²) in [6.45, 7) is 11.0. The van der Waals surface area contributed by atoms with Gasteiger partial charge in [0.05, 0.1) is 0 Å². The van der Waals surface area contributed by atoms with Crippen molar-refractivity contribution in [2.24, 2.45) is 5.41 Å². The number of aromatic nitrogens is 2. The maximum atomic E-state index is 4.54. The second-order valence-corrected chi connectivity index (χ2v) is 7.18. The third-order valence-electron chi connectivity index (χ3n) is 2.29. The summed E-state index contributed by atoms with van der Waals surface area (Å²) in [6.07, 6.45) is 0.966. The van der Waals surface area contributed by atoms with Gasteiger partial charge in [0.15, 0.2) is 0 Å². The Balaban J connectivity index is 2.65. The average Bonchev–Trinajstić information content (AvgIpc) is 2.50. The molecule has 0 radical (unpaired) electrons. The molecule has 0 aromatic carbocycles. The SMILES string of the molecule is CC(C)c1nsc(CC(Br)C(C)(C)C)n1. The molecule has 0 spiro atoms. The molecule has 1 aromatic heterocycles. The highest BCUT2D eigenvalue weighted by molar-refractivity contribution is 9.09. The van der Waals surface area contributed by atoms with Crippen molar-refractivity contribution < 1.29 is 0 Å². The number of halogens is 1. The monoisotopic (exact) mass is 290 g/mol. The molecule has 0 aliphatic carbocycles. The molecule has 0 aliphatic rings. The molecule has 0 amide bonds. The summed E-state index contributed by atoms with van der Waals surface area (Å²) in [4.78, 5) is 5.00. The van der Waals surface area contributed by atoms with Crippen LogP contribution in [0.5, 0.6) is 0 Å². The van der Waals surface area contributed by atoms with Crippen molar-refractivity contribution in [2.75, 3.05) is 0 Å². The third kappa shape index (κ3) is 3.83. The molecule has 0 saturated carbocycles. The lowest BCUT2D eigenvalue weighted by atomic mass is 9.90. The number of nitrogens with zero attached hydrogens (tertiary/aromatic N) is 2. The van der Waals surface area contributed by atoms with Crippen LogP contribution in [0.25, 0.3) is 0 Å². The van der Waals surface area contributed by atoms with Crippen molar-refractivity contribution in [1.82, 2.24) is 9.36 Å². The van der Waals surface area contributed by atoms with Gasteiger partial charge in [-0.05, 0) is 16.9 Å². The number of rotatable bonds is 3. The van der Waals surface area contributed by atoms with Crippen LogP contribution in [-0.4, -0.2) is 14.2 Å². The van der Waals surface area contributed by atoms with Crippen molar-refractivity contribution >= 4 is 27.5 Å². The van der Waals surface area contributed by atoms with Gasteiger partial charge in [0.25, 0.3) is 0 Å². The van der Waals surface area contributed by atoms with Gasteiger partial charge in [0.1, 0.15) is 10.8 Å². The predicted octanol–water partition coefficient (Wildman–Crippen LogP) is 4.01. The van der Waals surface area contributed by atoms with Gasteiger partial charge >= 0.3 is 0 Å². The molecule has 1 heterocycles. The normalized spacial score (nSPS) is 14.6. The van der Waals surface area contributed by atoms with Crippen LogP contribution in [0.3, 0.4) is 0 Å². The molecular weight excluding hydrogens is 272 g/mol. The first-order valence-corrected chi connectivity index (χ1v) is 6.96. The minimum Gasteiger partial charge on any atom is -0.224 e. The van der Waals surface area contributed by atoms with Gasteiger partial charge in [-0.3, -0.25) is 0 Å². The van der Waals surface area contributed by atoms with Crippen LogP contribution in [0, 0.1) is 5.41 Å². The zero-order valence-electron chi connectivity index (χ0n) is 10.0. The molecular formula is C11H19BrN2S. The first-order valence-electron chi connectivity index (χ1n) is 5.27. The van der Waals surface area contributed by atoms with E-state index < -0.39 is 0 Å². The van der Waals surface area contributed by atoms with Gasteiger partial charge in [-0.2, -0.15) is 4.37 Å². The highest BCUT2D eigenvalue weighted by Crippen LogP contribution is 2.29. The van der Waals surface area contributed by atoms with E-state index in [9.17, 15) is 0 Å². The van der Waals surface area contributed by atoms with Crippen LogP contribution in [0.1, 0.15) is 51.4 Å². The Bertz CT molecular complexity index is 315. The standard InChI is InChI=1S/C11H19BrN2S/c1-7(2)10-13-9(15-14-10)6-8(12)11(3,4)5/h7-8H,6H2,1-5H3. The number of hydrogen-bond acceptors (Lipinski definition) is 3. The fraction of sp³-hybridized carbons (Fsp3) is 0.818. The molecule has 4 heteroatoms. The lowest BCUT2D eigenvalue weighted by Crippen LogP contribution is -2.22. The van der Waals surface area contributed by atoms with Crippen LogP contribution < -0.4 is 0 Å². The van der Waals surface area contributed by atoms with Crippen molar-refractivity contribution in [1.29, 1.82) is 0 Å². The van der Waals surface area contributed by atoms with E-state index in [0.717, 1.165) is 17.3 Å². The van der Waals surface area contributed by atoms with Crippen molar-refractivity contribution in [2.45, 2.75) is 51.8 Å². The fourth-order valence-corrected chi connectivity index (χ4v) is 2.39. The Labute approximate surface area is 105 Å². The van der Waals surface area contributed by atoms with Crippen LogP contribution in [-0.2, 0) is 6.42 Å². The van der Waals surface area contributed by atoms with Gasteiger partial charge in [-0.25, -0.2) is 4.98 Å². The van der Waals surface area contributed by atoms with Crippen molar-refractivity contribution in [3.63, 3.8) is 0 Å². The molecule has 1 aromatic rings. The summed E-state index contributed by atoms with van der Waals surface area (Å²) in [5.41, 5.74) is 0.268. The number of hydrogen-bond donors (Lipinski definition) is 0. The molecule has 1 rings (SSSR count). The lowest BCUT2D eigenvalue weighted by molar-refractivity contribution is 0.397. The zero-order chi connectivity index (χ0) is 11.6. The fourth-order valence-electron chi connectivity index (χ4n) is 1.04. The second-order valence-electron chi connectivity index (χ2n) is 5.24. The molecule has 0 saturated heterocycles. The van der Waals surface area contributed by atoms with E-state index in [0.29, 0.717) is 10.7 Å². The van der Waals surface area contributed by atoms with E-state index in [4.69, 9.17) is 0 Å². The Morgan fingerprint density at radius 1 is 1.33 bits per heavy atom. The van der Waals surface area contributed by atoms with E-state index in [1.807, 2.05) is 0 Å². The Hall–Kier alpha value is 0.0400. The summed E-state index contributed by atoms with van der Waals surface area (Å²) in [5, 5.41) is 1.13. The van der Waals surface area contributed by atoms with E-state index in [2.05, 4.69) is 59.9 Å². The zero-order valence-corrected chi connectivity index (χ0v) is 12.4. The Kier molecular flexibility index (Phi) is 4.29. The van der Waals surface area contributed by atoms with Crippen LogP contribution in [0.2, 0.25) is 0 Å². The first kappa shape index (κ1) is 13.1. The minimum atomic E-state index is 0.268. The third-order valence-corrected chi connectivity index (χ3v) is 4.74. The van der Waals surface area contributed by atoms with Crippen LogP contribution in [0.4, 0.5) is 0 Å². The van der Waals surface area contributed by atoms with Crippen LogP contribution in [0.15, 0.2) is 0 Å². The summed E-state index contributed by atoms with van der Waals surface area (Å²) in [6, 6.07) is 0. The van der Waals surface area contributed by atoms with Gasteiger partial charge < -0.3 is 0 Å². The van der Waals surface area contributed by atoms with E-state index in [1.165, 1.54) is 11.5 Å². The summed E-state index contributed by atoms with van der Waals surface area (Å²) < 4.78 is 4.36. The molecule has 0 aliphatic heterocycles. The van der Waals surface area contributed by atoms with Gasteiger partial charge in [-0.1, -0.05) is 50.5 Å². The molecule has 1 unspecified atom stereocenters. The largest absolute Gasteiger partial charge is 0.224 e. The average molecular weight is 291 g/mol. The van der Waals surface area contributed by atoms with Gasteiger partial charge in [-0.15, -0.1) is 0 Å². The van der Waals surface area contributed by atoms with Crippen molar-refractivity contribution in [3.05, 3.63) is 10.8 Å². The smallest absolute Gasteiger partial charge is 0.145 e. The topological polar surface area (TPSA) is 25.8 Å². The molecule has 0 N–H and O–H groups in total. The predicted molar refractivity (Wildman–Crippen MR) is 69.9 cm³/mol. The minimum absolute atomic E-state index is 0.268. The lowest BCUT2D eigenvalue weighted by Gasteiger charge is -2.24. The highest BCUT2D eigenvalue weighted by Gasteiger charge is 2.23. The summed E-state index contributed by atoms with van der Waals surface area (Å²) in [5.74, 6) is 1.40. The van der Waals surface area contributed by atoms with E-state index in [1.54, 1.807) is 0 Å². The quantitative estimate of drug-likeness (QED) is 0.786. The molecule has 15 heavy (non-hydrogen) atoms. The van der Waals surface area contributed by atoms with E-state index in [-0.39, 0.29) is 5.41 Å². The maximum Gasteiger partial charge on any atom is 0.145 e. The van der Waals surface area contributed by atoms with Crippen molar-refractivity contribution in [3.8, 4) is 0 Å². The number of alkyl halides is 1. The maximum absolute atomic E-state index is 4.54. The van der Waals surface area contributed by atoms with Gasteiger partial charge in [0.2, 0.25) is 0 Å². The summed E-state index contributed by atoms with van der Waals surface area (Å²) in [7, 11) is 0. The molecule has 1 atom stereocenters. The molecule has 86 valence electrons. The van der Waals surface area contributed by atoms with Crippen LogP contribution >= 0.6 is 27.5 Å². The molecule has 0 bridgehead atoms. The summed E-state index contributed by atoms with van der Waals surface area (Å²) >= 11 is 5.25. The Morgan fingerprint density at radius 3 is 2.33 bits per heavy atom. The Morgan fingerprint density at radius 2 is 1.93 bits per heavy atom. The molecule has 2 nitrogen and oxygen atoms in total.